The smallest absolute Gasteiger partial charge is 0.325 e. The maximum Gasteiger partial charge on any atom is 0.451 e. The normalized spacial score (nSPS) is 13.1. The van der Waals surface area contributed by atoms with Crippen LogP contribution in [0.15, 0.2) is 35.5 Å². The van der Waals surface area contributed by atoms with Crippen molar-refractivity contribution in [3.63, 3.8) is 0 Å². The lowest BCUT2D eigenvalue weighted by Crippen LogP contribution is -2.30. The Morgan fingerprint density at radius 2 is 1.83 bits per heavy atom. The van der Waals surface area contributed by atoms with Crippen LogP contribution in [-0.2, 0) is 18.0 Å². The number of para-hydroxylation sites is 1. The maximum absolute atomic E-state index is 12.8. The number of carbonyl (C=O) groups excluding carboxylic acids is 1. The second kappa shape index (κ2) is 7.25. The standard InChI is InChI=1S/C15H17F3N4OS/c1-9(2)11(12(23)19-10-7-5-4-6-8-10)24-14-21-20-13(22(14)3)15(16,17)18/h4-9,11H,1-3H3,(H,19,23)/t11-/m1/s1. The number of thioether (sulfide) groups is 1. The van der Waals surface area contributed by atoms with Crippen LogP contribution in [-0.4, -0.2) is 25.9 Å². The van der Waals surface area contributed by atoms with E-state index in [0.717, 1.165) is 16.3 Å². The minimum absolute atomic E-state index is 0.0456. The Labute approximate surface area is 141 Å². The second-order valence-electron chi connectivity index (χ2n) is 5.50. The van der Waals surface area contributed by atoms with Crippen LogP contribution in [0.2, 0.25) is 0 Å². The summed E-state index contributed by atoms with van der Waals surface area (Å²) in [5.41, 5.74) is 0.627. The van der Waals surface area contributed by atoms with Gasteiger partial charge in [0.05, 0.1) is 5.25 Å². The molecule has 0 spiro atoms. The molecule has 5 nitrogen and oxygen atoms in total. The van der Waals surface area contributed by atoms with Crippen LogP contribution in [0, 0.1) is 5.92 Å². The summed E-state index contributed by atoms with van der Waals surface area (Å²) < 4.78 is 39.2. The summed E-state index contributed by atoms with van der Waals surface area (Å²) in [6.45, 7) is 3.65. The van der Waals surface area contributed by atoms with Crippen LogP contribution in [0.25, 0.3) is 0 Å². The zero-order valence-electron chi connectivity index (χ0n) is 13.3. The van der Waals surface area contributed by atoms with Crippen molar-refractivity contribution in [1.82, 2.24) is 14.8 Å². The number of carbonyl (C=O) groups is 1. The Bertz CT molecular complexity index is 700. The minimum Gasteiger partial charge on any atom is -0.325 e. The van der Waals surface area contributed by atoms with Crippen molar-refractivity contribution in [1.29, 1.82) is 0 Å². The highest BCUT2D eigenvalue weighted by atomic mass is 32.2. The number of rotatable bonds is 5. The molecule has 0 radical (unpaired) electrons. The quantitative estimate of drug-likeness (QED) is 0.830. The van der Waals surface area contributed by atoms with Crippen LogP contribution >= 0.6 is 11.8 Å². The molecule has 130 valence electrons. The van der Waals surface area contributed by atoms with Gasteiger partial charge in [-0.25, -0.2) is 0 Å². The third kappa shape index (κ3) is 4.28. The van der Waals surface area contributed by atoms with E-state index in [0.29, 0.717) is 5.69 Å². The van der Waals surface area contributed by atoms with Gasteiger partial charge in [0, 0.05) is 12.7 Å². The van der Waals surface area contributed by atoms with Crippen LogP contribution in [0.4, 0.5) is 18.9 Å². The molecule has 1 atom stereocenters. The average molecular weight is 358 g/mol. The number of nitrogens with one attached hydrogen (secondary N) is 1. The SMILES string of the molecule is CC(C)[C@@H](Sc1nnc(C(F)(F)F)n1C)C(=O)Nc1ccccc1. The lowest BCUT2D eigenvalue weighted by molar-refractivity contribution is -0.147. The van der Waals surface area contributed by atoms with Gasteiger partial charge in [-0.3, -0.25) is 4.79 Å². The van der Waals surface area contributed by atoms with Gasteiger partial charge in [0.1, 0.15) is 0 Å². The van der Waals surface area contributed by atoms with E-state index in [2.05, 4.69) is 15.5 Å². The van der Waals surface area contributed by atoms with Crippen molar-refractivity contribution in [2.24, 2.45) is 13.0 Å². The van der Waals surface area contributed by atoms with Crippen molar-refractivity contribution in [2.45, 2.75) is 30.4 Å². The number of halogens is 3. The molecule has 0 aliphatic heterocycles. The van der Waals surface area contributed by atoms with E-state index in [1.54, 1.807) is 24.3 Å². The second-order valence-corrected chi connectivity index (χ2v) is 6.61. The molecule has 0 aliphatic rings. The van der Waals surface area contributed by atoms with Gasteiger partial charge in [0.15, 0.2) is 5.16 Å². The predicted octanol–water partition coefficient (Wildman–Crippen LogP) is 3.59. The summed E-state index contributed by atoms with van der Waals surface area (Å²) in [4.78, 5) is 12.5. The molecule has 1 amide bonds. The van der Waals surface area contributed by atoms with E-state index in [1.807, 2.05) is 19.9 Å². The van der Waals surface area contributed by atoms with E-state index < -0.39 is 17.3 Å². The number of hydrogen-bond acceptors (Lipinski definition) is 4. The topological polar surface area (TPSA) is 59.8 Å². The van der Waals surface area contributed by atoms with E-state index in [9.17, 15) is 18.0 Å². The zero-order valence-corrected chi connectivity index (χ0v) is 14.1. The Hall–Kier alpha value is -2.03. The molecule has 2 aromatic rings. The maximum atomic E-state index is 12.8. The molecular weight excluding hydrogens is 341 g/mol. The van der Waals surface area contributed by atoms with Gasteiger partial charge in [0.2, 0.25) is 11.7 Å². The molecule has 2 rings (SSSR count). The van der Waals surface area contributed by atoms with Gasteiger partial charge < -0.3 is 9.88 Å². The average Bonchev–Trinajstić information content (AvgIpc) is 2.86. The first-order valence-electron chi connectivity index (χ1n) is 7.19. The first-order chi connectivity index (χ1) is 11.2. The van der Waals surface area contributed by atoms with Crippen molar-refractivity contribution in [3.8, 4) is 0 Å². The molecule has 0 unspecified atom stereocenters. The third-order valence-electron chi connectivity index (χ3n) is 3.23. The highest BCUT2D eigenvalue weighted by molar-refractivity contribution is 8.00. The summed E-state index contributed by atoms with van der Waals surface area (Å²) in [5, 5.41) is 8.95. The van der Waals surface area contributed by atoms with Crippen molar-refractivity contribution in [3.05, 3.63) is 36.2 Å². The number of amides is 1. The van der Waals surface area contributed by atoms with Gasteiger partial charge in [-0.1, -0.05) is 43.8 Å². The first kappa shape index (κ1) is 18.3. The number of hydrogen-bond donors (Lipinski definition) is 1. The van der Waals surface area contributed by atoms with Crippen molar-refractivity contribution in [2.75, 3.05) is 5.32 Å². The Balaban J connectivity index is 2.17. The molecule has 1 heterocycles. The molecule has 1 aromatic carbocycles. The number of anilines is 1. The first-order valence-corrected chi connectivity index (χ1v) is 8.07. The van der Waals surface area contributed by atoms with Crippen molar-refractivity contribution < 1.29 is 18.0 Å². The Morgan fingerprint density at radius 3 is 2.33 bits per heavy atom. The number of benzene rings is 1. The molecule has 0 fully saturated rings. The predicted molar refractivity (Wildman–Crippen MR) is 85.6 cm³/mol. The number of alkyl halides is 3. The third-order valence-corrected chi connectivity index (χ3v) is 4.80. The highest BCUT2D eigenvalue weighted by Crippen LogP contribution is 2.32. The molecule has 1 N–H and O–H groups in total. The van der Waals surface area contributed by atoms with Crippen LogP contribution < -0.4 is 5.32 Å². The lowest BCUT2D eigenvalue weighted by Gasteiger charge is -2.19. The fourth-order valence-corrected chi connectivity index (χ4v) is 3.00. The molecule has 1 aromatic heterocycles. The summed E-state index contributed by atoms with van der Waals surface area (Å²) in [6, 6.07) is 8.87. The van der Waals surface area contributed by atoms with Gasteiger partial charge in [0.25, 0.3) is 0 Å². The van der Waals surface area contributed by atoms with Gasteiger partial charge in [-0.2, -0.15) is 13.2 Å². The van der Waals surface area contributed by atoms with Gasteiger partial charge in [-0.15, -0.1) is 10.2 Å². The highest BCUT2D eigenvalue weighted by Gasteiger charge is 2.38. The van der Waals surface area contributed by atoms with Crippen LogP contribution in [0.1, 0.15) is 19.7 Å². The zero-order chi connectivity index (χ0) is 17.9. The number of nitrogens with zero attached hydrogens (tertiary/aromatic N) is 3. The summed E-state index contributed by atoms with van der Waals surface area (Å²) in [5.74, 6) is -1.49. The molecule has 9 heteroatoms. The Morgan fingerprint density at radius 1 is 1.21 bits per heavy atom. The fourth-order valence-electron chi connectivity index (χ4n) is 2.01. The lowest BCUT2D eigenvalue weighted by atomic mass is 10.1. The molecule has 0 saturated carbocycles. The minimum atomic E-state index is -4.58. The van der Waals surface area contributed by atoms with E-state index in [-0.39, 0.29) is 17.0 Å². The molecule has 0 bridgehead atoms. The van der Waals surface area contributed by atoms with E-state index in [1.165, 1.54) is 7.05 Å². The summed E-state index contributed by atoms with van der Waals surface area (Å²) in [6.07, 6.45) is -4.58. The summed E-state index contributed by atoms with van der Waals surface area (Å²) in [7, 11) is 1.23. The Kier molecular flexibility index (Phi) is 5.53. The summed E-state index contributed by atoms with van der Waals surface area (Å²) >= 11 is 0.965. The van der Waals surface area contributed by atoms with Crippen LogP contribution in [0.5, 0.6) is 0 Å². The van der Waals surface area contributed by atoms with Crippen LogP contribution in [0.3, 0.4) is 0 Å². The molecular formula is C15H17F3N4OS. The van der Waals surface area contributed by atoms with Gasteiger partial charge >= 0.3 is 6.18 Å². The van der Waals surface area contributed by atoms with Gasteiger partial charge in [-0.05, 0) is 18.1 Å². The largest absolute Gasteiger partial charge is 0.451 e. The monoisotopic (exact) mass is 358 g/mol. The molecule has 0 aliphatic carbocycles. The fraction of sp³-hybridized carbons (Fsp3) is 0.400. The molecule has 0 saturated heterocycles. The number of aromatic nitrogens is 3. The van der Waals surface area contributed by atoms with Crippen molar-refractivity contribution >= 4 is 23.4 Å². The molecule has 24 heavy (non-hydrogen) atoms. The van der Waals surface area contributed by atoms with E-state index in [4.69, 9.17) is 0 Å². The van der Waals surface area contributed by atoms with E-state index >= 15 is 0 Å².